The fourth-order valence-corrected chi connectivity index (χ4v) is 1.80. The highest BCUT2D eigenvalue weighted by Crippen LogP contribution is 2.25. The van der Waals surface area contributed by atoms with Crippen molar-refractivity contribution >= 4 is 0 Å². The van der Waals surface area contributed by atoms with Gasteiger partial charge in [0.15, 0.2) is 0 Å². The zero-order valence-corrected chi connectivity index (χ0v) is 7.57. The van der Waals surface area contributed by atoms with Gasteiger partial charge in [-0.3, -0.25) is 0 Å². The van der Waals surface area contributed by atoms with E-state index in [9.17, 15) is 5.21 Å². The van der Waals surface area contributed by atoms with Crippen LogP contribution in [0.2, 0.25) is 0 Å². The fraction of sp³-hybridized carbons (Fsp3) is 0.273. The molecule has 1 aromatic carbocycles. The zero-order chi connectivity index (χ0) is 9.31. The number of hydroxylamine groups is 3. The van der Waals surface area contributed by atoms with Crippen LogP contribution in [0.25, 0.3) is 0 Å². The van der Waals surface area contributed by atoms with Gasteiger partial charge in [-0.05, 0) is 0 Å². The van der Waals surface area contributed by atoms with E-state index in [1.807, 2.05) is 30.3 Å². The summed E-state index contributed by atoms with van der Waals surface area (Å²) in [6.45, 7) is 5.55. The Morgan fingerprint density at radius 1 is 1.23 bits per heavy atom. The summed E-state index contributed by atoms with van der Waals surface area (Å²) in [5, 5.41) is 11.8. The summed E-state index contributed by atoms with van der Waals surface area (Å²) in [6.07, 6.45) is 0. The summed E-state index contributed by atoms with van der Waals surface area (Å²) in [4.78, 5) is 0. The first kappa shape index (κ1) is 8.48. The van der Waals surface area contributed by atoms with Crippen LogP contribution in [0, 0.1) is 5.21 Å². The number of likely N-dealkylation sites (tertiary alicyclic amines) is 1. The smallest absolute Gasteiger partial charge is 0.106 e. The Morgan fingerprint density at radius 3 is 2.38 bits per heavy atom. The van der Waals surface area contributed by atoms with Gasteiger partial charge < -0.3 is 9.85 Å². The van der Waals surface area contributed by atoms with Crippen LogP contribution < -0.4 is 0 Å². The molecule has 1 aromatic rings. The first-order valence-electron chi connectivity index (χ1n) is 4.46. The van der Waals surface area contributed by atoms with Gasteiger partial charge in [0, 0.05) is 11.1 Å². The molecule has 0 bridgehead atoms. The number of nitrogens with zero attached hydrogens (tertiary/aromatic N) is 1. The Bertz CT molecular complexity index is 310. The van der Waals surface area contributed by atoms with Gasteiger partial charge in [-0.2, -0.15) is 0 Å². The van der Waals surface area contributed by atoms with Crippen LogP contribution >= 0.6 is 0 Å². The molecule has 0 saturated carbocycles. The quantitative estimate of drug-likeness (QED) is 0.383. The molecule has 0 atom stereocenters. The van der Waals surface area contributed by atoms with E-state index in [0.29, 0.717) is 19.6 Å². The van der Waals surface area contributed by atoms with Crippen molar-refractivity contribution in [1.29, 1.82) is 0 Å². The maximum atomic E-state index is 11.8. The summed E-state index contributed by atoms with van der Waals surface area (Å²) in [7, 11) is 0. The summed E-state index contributed by atoms with van der Waals surface area (Å²) >= 11 is 0. The molecule has 2 rings (SSSR count). The third kappa shape index (κ3) is 1.79. The van der Waals surface area contributed by atoms with Gasteiger partial charge in [0.25, 0.3) is 0 Å². The summed E-state index contributed by atoms with van der Waals surface area (Å²) < 4.78 is -0.122. The van der Waals surface area contributed by atoms with E-state index in [1.54, 1.807) is 0 Å². The maximum Gasteiger partial charge on any atom is 0.106 e. The lowest BCUT2D eigenvalue weighted by Gasteiger charge is -2.50. The van der Waals surface area contributed by atoms with Gasteiger partial charge in [0.05, 0.1) is 0 Å². The molecule has 0 N–H and O–H groups in total. The second kappa shape index (κ2) is 2.98. The second-order valence-corrected chi connectivity index (χ2v) is 3.77. The monoisotopic (exact) mass is 175 g/mol. The van der Waals surface area contributed by atoms with Crippen molar-refractivity contribution in [3.8, 4) is 0 Å². The van der Waals surface area contributed by atoms with Crippen molar-refractivity contribution in [3.63, 3.8) is 0 Å². The van der Waals surface area contributed by atoms with Crippen LogP contribution in [0.3, 0.4) is 0 Å². The predicted molar refractivity (Wildman–Crippen MR) is 52.6 cm³/mol. The molecule has 1 heterocycles. The molecule has 1 fully saturated rings. The minimum absolute atomic E-state index is 0.122. The molecule has 13 heavy (non-hydrogen) atoms. The summed E-state index contributed by atoms with van der Waals surface area (Å²) in [5.74, 6) is 0. The number of quaternary nitrogens is 1. The van der Waals surface area contributed by atoms with E-state index in [0.717, 1.165) is 11.1 Å². The van der Waals surface area contributed by atoms with Crippen LogP contribution in [0.5, 0.6) is 0 Å². The van der Waals surface area contributed by atoms with Crippen LogP contribution in [-0.2, 0) is 6.54 Å². The van der Waals surface area contributed by atoms with E-state index < -0.39 is 0 Å². The number of hydrogen-bond donors (Lipinski definition) is 0. The number of hydrogen-bond acceptors (Lipinski definition) is 1. The van der Waals surface area contributed by atoms with Crippen LogP contribution in [0.4, 0.5) is 0 Å². The van der Waals surface area contributed by atoms with Crippen LogP contribution in [0.15, 0.2) is 42.5 Å². The van der Waals surface area contributed by atoms with E-state index >= 15 is 0 Å². The molecule has 68 valence electrons. The first-order chi connectivity index (χ1) is 6.18. The highest BCUT2D eigenvalue weighted by atomic mass is 16.5. The standard InChI is InChI=1S/C11H13NO/c1-10-7-12(13,8-10)9-11-5-3-2-4-6-11/h2-6H,1,7-9H2. The SMILES string of the molecule is C=C1C[N+]([O-])(Cc2ccccc2)C1. The number of rotatable bonds is 2. The molecule has 0 amide bonds. The van der Waals surface area contributed by atoms with Crippen molar-refractivity contribution in [2.24, 2.45) is 0 Å². The lowest BCUT2D eigenvalue weighted by molar-refractivity contribution is -0.913. The molecule has 2 heteroatoms. The van der Waals surface area contributed by atoms with Gasteiger partial charge in [0.2, 0.25) is 0 Å². The fourth-order valence-electron chi connectivity index (χ4n) is 1.80. The van der Waals surface area contributed by atoms with Gasteiger partial charge in [-0.1, -0.05) is 36.9 Å². The normalized spacial score (nSPS) is 19.6. The maximum absolute atomic E-state index is 11.8. The van der Waals surface area contributed by atoms with Gasteiger partial charge in [-0.15, -0.1) is 0 Å². The van der Waals surface area contributed by atoms with Gasteiger partial charge in [0.1, 0.15) is 19.6 Å². The molecule has 0 aliphatic carbocycles. The van der Waals surface area contributed by atoms with Crippen molar-refractivity contribution in [3.05, 3.63) is 53.3 Å². The molecule has 0 unspecified atom stereocenters. The second-order valence-electron chi connectivity index (χ2n) is 3.77. The van der Waals surface area contributed by atoms with Crippen LogP contribution in [-0.4, -0.2) is 17.7 Å². The Kier molecular flexibility index (Phi) is 1.94. The summed E-state index contributed by atoms with van der Waals surface area (Å²) in [6, 6.07) is 9.90. The minimum Gasteiger partial charge on any atom is -0.632 e. The van der Waals surface area contributed by atoms with Crippen molar-refractivity contribution in [2.75, 3.05) is 13.1 Å². The van der Waals surface area contributed by atoms with Crippen molar-refractivity contribution in [2.45, 2.75) is 6.54 Å². The molecular weight excluding hydrogens is 162 g/mol. The molecular formula is C11H13NO. The van der Waals surface area contributed by atoms with E-state index in [2.05, 4.69) is 6.58 Å². The first-order valence-corrected chi connectivity index (χ1v) is 4.46. The predicted octanol–water partition coefficient (Wildman–Crippen LogP) is 2.07. The lowest BCUT2D eigenvalue weighted by Crippen LogP contribution is -2.53. The van der Waals surface area contributed by atoms with Crippen molar-refractivity contribution in [1.82, 2.24) is 0 Å². The molecule has 1 saturated heterocycles. The van der Waals surface area contributed by atoms with Crippen LogP contribution in [0.1, 0.15) is 5.56 Å². The zero-order valence-electron chi connectivity index (χ0n) is 7.57. The molecule has 0 radical (unpaired) electrons. The van der Waals surface area contributed by atoms with Gasteiger partial charge in [-0.25, -0.2) is 0 Å². The average molecular weight is 175 g/mol. The average Bonchev–Trinajstić information content (AvgIpc) is 2.03. The molecule has 0 aromatic heterocycles. The third-order valence-corrected chi connectivity index (χ3v) is 2.34. The lowest BCUT2D eigenvalue weighted by atomic mass is 10.1. The summed E-state index contributed by atoms with van der Waals surface area (Å²) in [5.41, 5.74) is 2.19. The third-order valence-electron chi connectivity index (χ3n) is 2.34. The van der Waals surface area contributed by atoms with E-state index in [-0.39, 0.29) is 4.65 Å². The Morgan fingerprint density at radius 2 is 1.85 bits per heavy atom. The van der Waals surface area contributed by atoms with E-state index in [1.165, 1.54) is 0 Å². The topological polar surface area (TPSA) is 23.1 Å². The molecule has 2 nitrogen and oxygen atoms in total. The van der Waals surface area contributed by atoms with Crippen molar-refractivity contribution < 1.29 is 4.65 Å². The Balaban J connectivity index is 2.03. The Labute approximate surface area is 78.3 Å². The highest BCUT2D eigenvalue weighted by molar-refractivity contribution is 5.14. The van der Waals surface area contributed by atoms with E-state index in [4.69, 9.17) is 0 Å². The highest BCUT2D eigenvalue weighted by Gasteiger charge is 2.29. The van der Waals surface area contributed by atoms with Gasteiger partial charge >= 0.3 is 0 Å². The number of benzene rings is 1. The molecule has 1 aliphatic heterocycles. The minimum atomic E-state index is -0.122. The largest absolute Gasteiger partial charge is 0.632 e. The molecule has 1 aliphatic rings. The molecule has 0 spiro atoms. The Hall–Kier alpha value is -1.12.